The lowest BCUT2D eigenvalue weighted by Crippen LogP contribution is -2.16. The summed E-state index contributed by atoms with van der Waals surface area (Å²) in [6.45, 7) is 0. The lowest BCUT2D eigenvalue weighted by molar-refractivity contribution is 0.0748. The van der Waals surface area contributed by atoms with E-state index in [1.807, 2.05) is 6.07 Å². The van der Waals surface area contributed by atoms with Crippen molar-refractivity contribution in [1.82, 2.24) is 0 Å². The maximum absolute atomic E-state index is 13.5. The number of nitrogens with two attached hydrogens (primary N) is 1. The molecule has 0 heterocycles. The third kappa shape index (κ3) is 5.76. The molecule has 4 N–H and O–H groups in total. The molecule has 4 aromatic rings. The summed E-state index contributed by atoms with van der Waals surface area (Å²) in [5.74, 6) is -1.02. The predicted octanol–water partition coefficient (Wildman–Crippen LogP) is 4.17. The van der Waals surface area contributed by atoms with E-state index in [4.69, 9.17) is 15.9 Å². The fraction of sp³-hybridized carbons (Fsp3) is 0.0741. The van der Waals surface area contributed by atoms with Crippen molar-refractivity contribution in [2.45, 2.75) is 0 Å². The average molecular weight is 518 g/mol. The molecule has 0 unspecified atom stereocenters. The van der Waals surface area contributed by atoms with Gasteiger partial charge in [-0.1, -0.05) is 24.3 Å². The monoisotopic (exact) mass is 517 g/mol. The smallest absolute Gasteiger partial charge is 0.354 e. The largest absolute Gasteiger partial charge is 0.497 e. The van der Waals surface area contributed by atoms with E-state index in [1.54, 1.807) is 66.7 Å². The van der Waals surface area contributed by atoms with E-state index >= 15 is 0 Å². The molecule has 10 heteroatoms. The zero-order valence-corrected chi connectivity index (χ0v) is 20.8. The molecule has 0 fully saturated rings. The van der Waals surface area contributed by atoms with Gasteiger partial charge in [0.15, 0.2) is 0 Å². The van der Waals surface area contributed by atoms with Crippen molar-refractivity contribution >= 4 is 44.3 Å². The zero-order chi connectivity index (χ0) is 26.7. The van der Waals surface area contributed by atoms with Crippen LogP contribution in [-0.4, -0.2) is 39.5 Å². The molecule has 0 atom stereocenters. The van der Waals surface area contributed by atoms with E-state index in [-0.39, 0.29) is 17.0 Å². The Bertz CT molecular complexity index is 1650. The minimum absolute atomic E-state index is 0.0133. The van der Waals surface area contributed by atoms with E-state index < -0.39 is 22.0 Å². The summed E-state index contributed by atoms with van der Waals surface area (Å²) in [5.41, 5.74) is 7.43. The average Bonchev–Trinajstić information content (AvgIpc) is 2.86. The number of amides is 1. The molecule has 0 aliphatic carbocycles. The molecule has 37 heavy (non-hydrogen) atoms. The Hall–Kier alpha value is -4.70. The quantitative estimate of drug-likeness (QED) is 0.189. The number of carbonyl (C=O) groups is 2. The first-order chi connectivity index (χ1) is 17.6. The minimum atomic E-state index is -4.06. The van der Waals surface area contributed by atoms with Crippen LogP contribution in [0.3, 0.4) is 0 Å². The highest BCUT2D eigenvalue weighted by molar-refractivity contribution is 7.86. The van der Waals surface area contributed by atoms with Gasteiger partial charge in [-0.3, -0.25) is 10.2 Å². The van der Waals surface area contributed by atoms with Crippen molar-refractivity contribution in [2.24, 2.45) is 5.73 Å². The molecule has 0 saturated heterocycles. The molecule has 0 aliphatic rings. The number of anilines is 1. The predicted molar refractivity (Wildman–Crippen MR) is 142 cm³/mol. The van der Waals surface area contributed by atoms with Gasteiger partial charge in [0.25, 0.3) is 5.91 Å². The van der Waals surface area contributed by atoms with E-state index in [0.29, 0.717) is 28.1 Å². The topological polar surface area (TPSA) is 149 Å². The van der Waals surface area contributed by atoms with Crippen LogP contribution in [0.1, 0.15) is 26.3 Å². The van der Waals surface area contributed by atoms with Crippen LogP contribution in [0.5, 0.6) is 5.75 Å². The first-order valence-corrected chi connectivity index (χ1v) is 12.8. The summed E-state index contributed by atoms with van der Waals surface area (Å²) in [6.07, 6.45) is 0.785. The van der Waals surface area contributed by atoms with Gasteiger partial charge in [-0.2, -0.15) is 8.42 Å². The number of hydrogen-bond donors (Lipinski definition) is 3. The number of benzene rings is 4. The Morgan fingerprint density at radius 1 is 0.865 bits per heavy atom. The lowest BCUT2D eigenvalue weighted by Gasteiger charge is -2.15. The van der Waals surface area contributed by atoms with Crippen molar-refractivity contribution in [3.63, 3.8) is 0 Å². The maximum atomic E-state index is 13.5. The zero-order valence-electron chi connectivity index (χ0n) is 19.9. The van der Waals surface area contributed by atoms with Crippen LogP contribution in [0.25, 0.3) is 21.9 Å². The van der Waals surface area contributed by atoms with Crippen LogP contribution in [0, 0.1) is 5.41 Å². The maximum Gasteiger partial charge on any atom is 0.354 e. The third-order valence-corrected chi connectivity index (χ3v) is 6.00. The van der Waals surface area contributed by atoms with Crippen molar-refractivity contribution < 1.29 is 26.9 Å². The van der Waals surface area contributed by atoms with Crippen LogP contribution in [0.4, 0.5) is 5.69 Å². The Kier molecular flexibility index (Phi) is 6.94. The molecular weight excluding hydrogens is 494 g/mol. The number of nitrogens with one attached hydrogen (secondary N) is 2. The molecule has 0 radical (unpaired) electrons. The van der Waals surface area contributed by atoms with Crippen molar-refractivity contribution in [3.05, 3.63) is 95.6 Å². The molecule has 188 valence electrons. The fourth-order valence-electron chi connectivity index (χ4n) is 3.82. The van der Waals surface area contributed by atoms with Crippen LogP contribution in [0.2, 0.25) is 0 Å². The molecule has 0 bridgehead atoms. The molecule has 1 amide bonds. The number of nitrogen functional groups attached to an aromatic ring is 1. The van der Waals surface area contributed by atoms with E-state index in [1.165, 1.54) is 13.2 Å². The van der Waals surface area contributed by atoms with Crippen LogP contribution < -0.4 is 15.8 Å². The minimum Gasteiger partial charge on any atom is -0.497 e. The van der Waals surface area contributed by atoms with E-state index in [2.05, 4.69) is 9.50 Å². The van der Waals surface area contributed by atoms with Crippen LogP contribution >= 0.6 is 0 Å². The number of fused-ring (bicyclic) bond motifs is 1. The van der Waals surface area contributed by atoms with Gasteiger partial charge >= 0.3 is 16.1 Å². The highest BCUT2D eigenvalue weighted by atomic mass is 32.2. The summed E-state index contributed by atoms with van der Waals surface area (Å²) in [7, 11) is -2.52. The molecule has 9 nitrogen and oxygen atoms in total. The first-order valence-electron chi connectivity index (χ1n) is 11.0. The number of hydrogen-bond acceptors (Lipinski definition) is 7. The van der Waals surface area contributed by atoms with Crippen molar-refractivity contribution in [3.8, 4) is 16.9 Å². The molecule has 0 saturated carbocycles. The van der Waals surface area contributed by atoms with Gasteiger partial charge in [0, 0.05) is 16.8 Å². The number of carbonyl (C=O) groups excluding carboxylic acids is 2. The second-order valence-electron chi connectivity index (χ2n) is 8.18. The Morgan fingerprint density at radius 3 is 2.22 bits per heavy atom. The van der Waals surface area contributed by atoms with Crippen molar-refractivity contribution in [1.29, 1.82) is 5.41 Å². The summed E-state index contributed by atoms with van der Waals surface area (Å²) >= 11 is 0. The summed E-state index contributed by atoms with van der Waals surface area (Å²) in [4.78, 5) is 26.2. The van der Waals surface area contributed by atoms with Crippen LogP contribution in [0.15, 0.2) is 78.9 Å². The standard InChI is InChI=1S/C27H23N3O6S/c1-35-20-12-9-17-14-23(21-5-3-4-6-22(21)27(32)36-37(2,33)34)24(15-18(17)13-20)26(31)30-19-10-7-16(8-11-19)25(28)29/h3-15H,1-2H3,(H3,28,29)(H,30,31). The number of ether oxygens (including phenoxy) is 1. The SMILES string of the molecule is COc1ccc2cc(-c3ccccc3C(=O)OS(C)(=O)=O)c(C(=O)Nc3ccc(C(=N)N)cc3)cc2c1. The second kappa shape index (κ2) is 10.1. The highest BCUT2D eigenvalue weighted by Gasteiger charge is 2.22. The summed E-state index contributed by atoms with van der Waals surface area (Å²) < 4.78 is 33.1. The number of amidine groups is 1. The van der Waals surface area contributed by atoms with Gasteiger partial charge in [0.2, 0.25) is 0 Å². The van der Waals surface area contributed by atoms with Gasteiger partial charge in [0.05, 0.1) is 18.9 Å². The molecular formula is C27H23N3O6S. The van der Waals surface area contributed by atoms with Gasteiger partial charge < -0.3 is 20.0 Å². The molecule has 0 aromatic heterocycles. The van der Waals surface area contributed by atoms with Crippen LogP contribution in [-0.2, 0) is 14.3 Å². The van der Waals surface area contributed by atoms with Gasteiger partial charge in [-0.05, 0) is 76.5 Å². The highest BCUT2D eigenvalue weighted by Crippen LogP contribution is 2.34. The first kappa shape index (κ1) is 25.4. The van der Waals surface area contributed by atoms with Gasteiger partial charge in [-0.25, -0.2) is 4.79 Å². The van der Waals surface area contributed by atoms with Gasteiger partial charge in [-0.15, -0.1) is 0 Å². The Labute approximate surface area is 213 Å². The number of methoxy groups -OCH3 is 1. The van der Waals surface area contributed by atoms with E-state index in [9.17, 15) is 18.0 Å². The van der Waals surface area contributed by atoms with Gasteiger partial charge in [0.1, 0.15) is 11.6 Å². The van der Waals surface area contributed by atoms with Crippen molar-refractivity contribution in [2.75, 3.05) is 18.7 Å². The molecule has 4 rings (SSSR count). The number of rotatable bonds is 7. The summed E-state index contributed by atoms with van der Waals surface area (Å²) in [5, 5.41) is 11.8. The third-order valence-electron chi connectivity index (χ3n) is 5.55. The molecule has 4 aromatic carbocycles. The fourth-order valence-corrected chi connectivity index (χ4v) is 4.19. The Morgan fingerprint density at radius 2 is 1.57 bits per heavy atom. The second-order valence-corrected chi connectivity index (χ2v) is 9.75. The Balaban J connectivity index is 1.86. The summed E-state index contributed by atoms with van der Waals surface area (Å²) in [6, 6.07) is 21.5. The molecule has 0 aliphatic heterocycles. The normalized spacial score (nSPS) is 11.1. The molecule has 0 spiro atoms. The van der Waals surface area contributed by atoms with E-state index in [0.717, 1.165) is 17.0 Å². The lowest BCUT2D eigenvalue weighted by atomic mass is 9.92.